The van der Waals surface area contributed by atoms with E-state index in [9.17, 15) is 8.42 Å². The van der Waals surface area contributed by atoms with Gasteiger partial charge in [0, 0.05) is 17.5 Å². The highest BCUT2D eigenvalue weighted by Gasteiger charge is 2.07. The molecule has 0 atom stereocenters. The van der Waals surface area contributed by atoms with Crippen molar-refractivity contribution in [2.75, 3.05) is 12.0 Å². The first-order chi connectivity index (χ1) is 9.37. The van der Waals surface area contributed by atoms with Gasteiger partial charge < -0.3 is 5.73 Å². The molecule has 1 aromatic heterocycles. The number of rotatable bonds is 4. The molecule has 0 amide bonds. The van der Waals surface area contributed by atoms with Crippen molar-refractivity contribution in [2.24, 2.45) is 0 Å². The summed E-state index contributed by atoms with van der Waals surface area (Å²) in [6.07, 6.45) is 2.01. The zero-order valence-electron chi connectivity index (χ0n) is 11.5. The van der Waals surface area contributed by atoms with Gasteiger partial charge in [0.05, 0.1) is 11.4 Å². The van der Waals surface area contributed by atoms with Crippen LogP contribution in [0.5, 0.6) is 0 Å². The summed E-state index contributed by atoms with van der Waals surface area (Å²) in [6.45, 7) is 2.00. The Morgan fingerprint density at radius 2 is 1.80 bits per heavy atom. The van der Waals surface area contributed by atoms with Crippen LogP contribution in [-0.4, -0.2) is 24.6 Å². The molecule has 0 saturated heterocycles. The van der Waals surface area contributed by atoms with E-state index in [0.29, 0.717) is 0 Å². The molecule has 0 aliphatic rings. The molecule has 2 rings (SSSR count). The van der Waals surface area contributed by atoms with Crippen LogP contribution in [0.1, 0.15) is 18.2 Å². The van der Waals surface area contributed by atoms with Crippen LogP contribution in [0.4, 0.5) is 5.95 Å². The van der Waals surface area contributed by atoms with Gasteiger partial charge in [0.25, 0.3) is 0 Å². The van der Waals surface area contributed by atoms with Crippen molar-refractivity contribution in [1.29, 1.82) is 0 Å². The molecule has 0 radical (unpaired) electrons. The maximum atomic E-state index is 11.2. The van der Waals surface area contributed by atoms with Crippen molar-refractivity contribution in [1.82, 2.24) is 9.97 Å². The van der Waals surface area contributed by atoms with E-state index >= 15 is 0 Å². The Hall–Kier alpha value is -1.95. The van der Waals surface area contributed by atoms with Gasteiger partial charge in [0.2, 0.25) is 5.95 Å². The summed E-state index contributed by atoms with van der Waals surface area (Å²) in [4.78, 5) is 8.34. The highest BCUT2D eigenvalue weighted by Crippen LogP contribution is 2.20. The summed E-state index contributed by atoms with van der Waals surface area (Å²) in [7, 11) is -3.02. The smallest absolute Gasteiger partial charge is 0.220 e. The summed E-state index contributed by atoms with van der Waals surface area (Å²) < 4.78 is 22.5. The van der Waals surface area contributed by atoms with Crippen molar-refractivity contribution in [3.05, 3.63) is 41.6 Å². The molecule has 6 heteroatoms. The van der Waals surface area contributed by atoms with Gasteiger partial charge in [-0.15, -0.1) is 0 Å². The fourth-order valence-corrected chi connectivity index (χ4v) is 2.72. The summed E-state index contributed by atoms with van der Waals surface area (Å²) >= 11 is 0. The molecule has 1 aromatic carbocycles. The second-order valence-corrected chi connectivity index (χ2v) is 6.86. The number of hydrogen-bond donors (Lipinski definition) is 1. The quantitative estimate of drug-likeness (QED) is 0.928. The first-order valence-electron chi connectivity index (χ1n) is 6.28. The third-order valence-electron chi connectivity index (χ3n) is 2.84. The Labute approximate surface area is 118 Å². The van der Waals surface area contributed by atoms with Crippen molar-refractivity contribution >= 4 is 15.8 Å². The highest BCUT2D eigenvalue weighted by molar-refractivity contribution is 7.89. The fourth-order valence-electron chi connectivity index (χ4n) is 1.92. The molecule has 0 bridgehead atoms. The predicted octanol–water partition coefficient (Wildman–Crippen LogP) is 1.83. The molecule has 20 heavy (non-hydrogen) atoms. The molecule has 0 spiro atoms. The van der Waals surface area contributed by atoms with E-state index in [2.05, 4.69) is 9.97 Å². The van der Waals surface area contributed by atoms with Gasteiger partial charge in [0.1, 0.15) is 0 Å². The summed E-state index contributed by atoms with van der Waals surface area (Å²) in [5, 5.41) is 0. The second-order valence-electron chi connectivity index (χ2n) is 4.72. The predicted molar refractivity (Wildman–Crippen MR) is 79.8 cm³/mol. The van der Waals surface area contributed by atoms with Crippen LogP contribution >= 0.6 is 0 Å². The molecule has 2 N–H and O–H groups in total. The molecule has 0 fully saturated rings. The van der Waals surface area contributed by atoms with Gasteiger partial charge in [-0.05, 0) is 18.1 Å². The van der Waals surface area contributed by atoms with Crippen LogP contribution in [0.15, 0.2) is 30.3 Å². The number of aryl methyl sites for hydroxylation is 1. The van der Waals surface area contributed by atoms with Crippen molar-refractivity contribution < 1.29 is 8.42 Å². The van der Waals surface area contributed by atoms with E-state index in [1.165, 1.54) is 6.26 Å². The average Bonchev–Trinajstić information content (AvgIpc) is 2.37. The molecule has 1 heterocycles. The lowest BCUT2D eigenvalue weighted by atomic mass is 10.1. The number of anilines is 1. The van der Waals surface area contributed by atoms with Gasteiger partial charge in [-0.1, -0.05) is 31.2 Å². The monoisotopic (exact) mass is 291 g/mol. The van der Waals surface area contributed by atoms with E-state index in [0.717, 1.165) is 28.9 Å². The van der Waals surface area contributed by atoms with Gasteiger partial charge in [-0.3, -0.25) is 0 Å². The Kier molecular flexibility index (Phi) is 4.04. The van der Waals surface area contributed by atoms with Crippen LogP contribution in [0.25, 0.3) is 11.3 Å². The minimum absolute atomic E-state index is 0.0411. The summed E-state index contributed by atoms with van der Waals surface area (Å²) in [5.41, 5.74) is 8.97. The van der Waals surface area contributed by atoms with E-state index in [-0.39, 0.29) is 11.7 Å². The summed E-state index contributed by atoms with van der Waals surface area (Å²) in [5.74, 6) is 0.291. The maximum absolute atomic E-state index is 11.2. The molecule has 0 unspecified atom stereocenters. The highest BCUT2D eigenvalue weighted by atomic mass is 32.2. The van der Waals surface area contributed by atoms with Gasteiger partial charge in [0.15, 0.2) is 9.84 Å². The van der Waals surface area contributed by atoms with Crippen molar-refractivity contribution in [3.8, 4) is 11.3 Å². The molecule has 5 nitrogen and oxygen atoms in total. The van der Waals surface area contributed by atoms with Crippen LogP contribution in [0, 0.1) is 0 Å². The third-order valence-corrected chi connectivity index (χ3v) is 3.69. The number of aromatic nitrogens is 2. The summed E-state index contributed by atoms with van der Waals surface area (Å²) in [6, 6.07) is 9.17. The van der Waals surface area contributed by atoms with E-state index in [4.69, 9.17) is 5.73 Å². The molecule has 106 valence electrons. The number of sulfone groups is 1. The van der Waals surface area contributed by atoms with Crippen LogP contribution in [0.2, 0.25) is 0 Å². The number of nitrogens with zero attached hydrogens (tertiary/aromatic N) is 2. The van der Waals surface area contributed by atoms with E-state index in [1.54, 1.807) is 12.1 Å². The van der Waals surface area contributed by atoms with Crippen molar-refractivity contribution in [3.63, 3.8) is 0 Å². The molecule has 0 saturated carbocycles. The van der Waals surface area contributed by atoms with E-state index < -0.39 is 9.84 Å². The van der Waals surface area contributed by atoms with Gasteiger partial charge in [-0.2, -0.15) is 0 Å². The number of nitrogen functional groups attached to an aromatic ring is 1. The van der Waals surface area contributed by atoms with Crippen LogP contribution in [0.3, 0.4) is 0 Å². The van der Waals surface area contributed by atoms with Gasteiger partial charge >= 0.3 is 0 Å². The number of benzene rings is 1. The zero-order valence-corrected chi connectivity index (χ0v) is 12.3. The number of nitrogens with two attached hydrogens (primary N) is 1. The van der Waals surface area contributed by atoms with Crippen molar-refractivity contribution in [2.45, 2.75) is 19.1 Å². The Balaban J connectivity index is 2.32. The molecular formula is C14H17N3O2S. The molecule has 0 aliphatic heterocycles. The number of hydrogen-bond acceptors (Lipinski definition) is 5. The zero-order chi connectivity index (χ0) is 14.8. The Morgan fingerprint density at radius 3 is 2.35 bits per heavy atom. The maximum Gasteiger partial charge on any atom is 0.220 e. The molecule has 2 aromatic rings. The van der Waals surface area contributed by atoms with E-state index in [1.807, 2.05) is 25.1 Å². The van der Waals surface area contributed by atoms with Crippen LogP contribution in [-0.2, 0) is 22.0 Å². The Morgan fingerprint density at radius 1 is 1.15 bits per heavy atom. The van der Waals surface area contributed by atoms with Crippen LogP contribution < -0.4 is 5.73 Å². The largest absolute Gasteiger partial charge is 0.368 e. The Bertz CT molecular complexity index is 710. The first-order valence-corrected chi connectivity index (χ1v) is 8.34. The SMILES string of the molecule is CCc1cc(-c2ccc(CS(C)(=O)=O)cc2)nc(N)n1. The third kappa shape index (κ3) is 3.77. The molecule has 0 aliphatic carbocycles. The minimum atomic E-state index is -3.02. The average molecular weight is 291 g/mol. The lowest BCUT2D eigenvalue weighted by Gasteiger charge is -2.06. The first kappa shape index (κ1) is 14.5. The van der Waals surface area contributed by atoms with Gasteiger partial charge in [-0.25, -0.2) is 18.4 Å². The lowest BCUT2D eigenvalue weighted by Crippen LogP contribution is -2.01. The minimum Gasteiger partial charge on any atom is -0.368 e. The fraction of sp³-hybridized carbons (Fsp3) is 0.286. The standard InChI is InChI=1S/C14H17N3O2S/c1-3-12-8-13(17-14(15)16-12)11-6-4-10(5-7-11)9-20(2,18)19/h4-8H,3,9H2,1-2H3,(H2,15,16,17). The lowest BCUT2D eigenvalue weighted by molar-refractivity contribution is 0.601. The normalized spacial score (nSPS) is 11.5. The topological polar surface area (TPSA) is 85.9 Å². The molecular weight excluding hydrogens is 274 g/mol. The second kappa shape index (κ2) is 5.58.